The van der Waals surface area contributed by atoms with E-state index in [1.54, 1.807) is 0 Å². The van der Waals surface area contributed by atoms with Crippen LogP contribution in [0.15, 0.2) is 47.4 Å². The third kappa shape index (κ3) is 5.52. The second-order valence-electron chi connectivity index (χ2n) is 6.87. The number of hydrogen-bond donors (Lipinski definition) is 2. The van der Waals surface area contributed by atoms with E-state index in [4.69, 9.17) is 5.26 Å². The summed E-state index contributed by atoms with van der Waals surface area (Å²) in [6.07, 6.45) is 2.13. The van der Waals surface area contributed by atoms with Gasteiger partial charge in [-0.1, -0.05) is 12.1 Å². The zero-order valence-electron chi connectivity index (χ0n) is 16.4. The molecule has 0 aromatic heterocycles. The normalized spacial score (nSPS) is 13.0. The molecule has 3 rings (SSSR count). The molecule has 1 saturated heterocycles. The van der Waals surface area contributed by atoms with Crippen molar-refractivity contribution in [3.63, 3.8) is 0 Å². The number of para-hydroxylation sites is 1. The van der Waals surface area contributed by atoms with Crippen LogP contribution in [0.1, 0.15) is 28.8 Å². The van der Waals surface area contributed by atoms with E-state index < -0.39 is 0 Å². The van der Waals surface area contributed by atoms with E-state index in [1.807, 2.05) is 54.3 Å². The molecule has 1 aliphatic heterocycles. The van der Waals surface area contributed by atoms with E-state index in [0.29, 0.717) is 17.0 Å². The number of likely N-dealkylation sites (tertiary alicyclic amines) is 1. The molecule has 0 spiro atoms. The summed E-state index contributed by atoms with van der Waals surface area (Å²) in [7, 11) is 0. The Morgan fingerprint density at radius 2 is 1.90 bits per heavy atom. The molecule has 1 heterocycles. The Morgan fingerprint density at radius 3 is 2.62 bits per heavy atom. The number of nitrogens with zero attached hydrogens (tertiary/aromatic N) is 2. The Balaban J connectivity index is 1.58. The van der Waals surface area contributed by atoms with Crippen molar-refractivity contribution < 1.29 is 9.59 Å². The average molecular weight is 409 g/mol. The molecule has 0 saturated carbocycles. The molecule has 0 atom stereocenters. The Morgan fingerprint density at radius 1 is 1.14 bits per heavy atom. The number of carbonyl (C=O) groups is 2. The van der Waals surface area contributed by atoms with E-state index >= 15 is 0 Å². The monoisotopic (exact) mass is 408 g/mol. The van der Waals surface area contributed by atoms with Crippen molar-refractivity contribution in [3.05, 3.63) is 53.6 Å². The lowest BCUT2D eigenvalue weighted by Gasteiger charge is -2.17. The minimum atomic E-state index is -0.174. The Kier molecular flexibility index (Phi) is 7.14. The third-order valence-electron chi connectivity index (χ3n) is 4.76. The van der Waals surface area contributed by atoms with Crippen LogP contribution in [-0.4, -0.2) is 42.1 Å². The lowest BCUT2D eigenvalue weighted by Crippen LogP contribution is -2.27. The second kappa shape index (κ2) is 9.99. The van der Waals surface area contributed by atoms with Crippen LogP contribution in [0, 0.1) is 18.3 Å². The topological polar surface area (TPSA) is 85.2 Å². The molecule has 0 radical (unpaired) electrons. The molecule has 2 aromatic carbocycles. The van der Waals surface area contributed by atoms with Crippen molar-refractivity contribution in [2.75, 3.05) is 36.0 Å². The van der Waals surface area contributed by atoms with Crippen LogP contribution in [0.2, 0.25) is 0 Å². The van der Waals surface area contributed by atoms with Gasteiger partial charge in [0.25, 0.3) is 5.91 Å². The smallest absolute Gasteiger partial charge is 0.253 e. The second-order valence-corrected chi connectivity index (χ2v) is 7.89. The molecule has 2 N–H and O–H groups in total. The van der Waals surface area contributed by atoms with Crippen LogP contribution in [-0.2, 0) is 4.79 Å². The fourth-order valence-electron chi connectivity index (χ4n) is 3.27. The van der Waals surface area contributed by atoms with Gasteiger partial charge in [0.1, 0.15) is 0 Å². The summed E-state index contributed by atoms with van der Waals surface area (Å²) in [4.78, 5) is 27.6. The maximum absolute atomic E-state index is 12.5. The number of hydrogen-bond acceptors (Lipinski definition) is 5. The van der Waals surface area contributed by atoms with Crippen molar-refractivity contribution in [3.8, 4) is 6.07 Å². The number of thioether (sulfide) groups is 1. The van der Waals surface area contributed by atoms with E-state index in [9.17, 15) is 9.59 Å². The molecule has 2 amide bonds. The molecule has 2 aromatic rings. The SMILES string of the molecule is Cc1cc(C(=O)N2CCCC2)ccc1NCC(=O)Nc1ccccc1SCC#N. The molecule has 150 valence electrons. The summed E-state index contributed by atoms with van der Waals surface area (Å²) in [5.74, 6) is 0.223. The minimum absolute atomic E-state index is 0.0707. The average Bonchev–Trinajstić information content (AvgIpc) is 3.26. The van der Waals surface area contributed by atoms with Gasteiger partial charge in [-0.2, -0.15) is 5.26 Å². The van der Waals surface area contributed by atoms with Crippen molar-refractivity contribution in [2.45, 2.75) is 24.7 Å². The van der Waals surface area contributed by atoms with Gasteiger partial charge in [-0.15, -0.1) is 11.8 Å². The number of anilines is 2. The molecule has 0 unspecified atom stereocenters. The van der Waals surface area contributed by atoms with Crippen molar-refractivity contribution >= 4 is 35.0 Å². The van der Waals surface area contributed by atoms with Crippen LogP contribution in [0.3, 0.4) is 0 Å². The van der Waals surface area contributed by atoms with E-state index in [1.165, 1.54) is 11.8 Å². The fraction of sp³-hybridized carbons (Fsp3) is 0.318. The molecule has 7 heteroatoms. The van der Waals surface area contributed by atoms with Crippen molar-refractivity contribution in [1.29, 1.82) is 5.26 Å². The standard InChI is InChI=1S/C22H24N4O2S/c1-16-14-17(22(28)26-11-4-5-12-26)8-9-18(16)24-15-21(27)25-19-6-2-3-7-20(19)29-13-10-23/h2-3,6-9,14,24H,4-5,11-13,15H2,1H3,(H,25,27). The molecule has 1 aliphatic rings. The van der Waals surface area contributed by atoms with Crippen LogP contribution in [0.5, 0.6) is 0 Å². The van der Waals surface area contributed by atoms with Crippen molar-refractivity contribution in [1.82, 2.24) is 4.90 Å². The number of nitriles is 1. The van der Waals surface area contributed by atoms with Gasteiger partial charge in [0, 0.05) is 29.2 Å². The maximum atomic E-state index is 12.5. The van der Waals surface area contributed by atoms with E-state index in [0.717, 1.165) is 42.1 Å². The molecule has 0 bridgehead atoms. The zero-order chi connectivity index (χ0) is 20.6. The molecule has 0 aliphatic carbocycles. The molecular weight excluding hydrogens is 384 g/mol. The summed E-state index contributed by atoms with van der Waals surface area (Å²) in [6.45, 7) is 3.69. The summed E-state index contributed by atoms with van der Waals surface area (Å²) < 4.78 is 0. The quantitative estimate of drug-likeness (QED) is 0.679. The lowest BCUT2D eigenvalue weighted by atomic mass is 10.1. The van der Waals surface area contributed by atoms with Crippen molar-refractivity contribution in [2.24, 2.45) is 0 Å². The number of carbonyl (C=O) groups excluding carboxylic acids is 2. The summed E-state index contributed by atoms with van der Waals surface area (Å²) in [5, 5.41) is 14.8. The molecule has 1 fully saturated rings. The van der Waals surface area contributed by atoms with Gasteiger partial charge in [-0.3, -0.25) is 9.59 Å². The highest BCUT2D eigenvalue weighted by Crippen LogP contribution is 2.26. The molecular formula is C22H24N4O2S. The lowest BCUT2D eigenvalue weighted by molar-refractivity contribution is -0.114. The molecule has 6 nitrogen and oxygen atoms in total. The summed E-state index contributed by atoms with van der Waals surface area (Å²) in [6, 6.07) is 15.0. The fourth-order valence-corrected chi connectivity index (χ4v) is 3.94. The predicted molar refractivity (Wildman–Crippen MR) is 116 cm³/mol. The highest BCUT2D eigenvalue weighted by atomic mass is 32.2. The number of benzene rings is 2. The predicted octanol–water partition coefficient (Wildman–Crippen LogP) is 3.90. The first-order valence-electron chi connectivity index (χ1n) is 9.61. The van der Waals surface area contributed by atoms with Gasteiger partial charge in [0.05, 0.1) is 24.1 Å². The maximum Gasteiger partial charge on any atom is 0.253 e. The minimum Gasteiger partial charge on any atom is -0.376 e. The van der Waals surface area contributed by atoms with Gasteiger partial charge in [-0.05, 0) is 55.7 Å². The Bertz CT molecular complexity index is 933. The molecule has 29 heavy (non-hydrogen) atoms. The van der Waals surface area contributed by atoms with E-state index in [-0.39, 0.29) is 18.4 Å². The first-order chi connectivity index (χ1) is 14.1. The van der Waals surface area contributed by atoms with Gasteiger partial charge >= 0.3 is 0 Å². The van der Waals surface area contributed by atoms with Crippen LogP contribution < -0.4 is 10.6 Å². The highest BCUT2D eigenvalue weighted by molar-refractivity contribution is 7.99. The van der Waals surface area contributed by atoms with Crippen LogP contribution in [0.25, 0.3) is 0 Å². The third-order valence-corrected chi connectivity index (χ3v) is 5.70. The largest absolute Gasteiger partial charge is 0.376 e. The zero-order valence-corrected chi connectivity index (χ0v) is 17.2. The Labute approximate surface area is 175 Å². The van der Waals surface area contributed by atoms with Crippen LogP contribution >= 0.6 is 11.8 Å². The van der Waals surface area contributed by atoms with Gasteiger partial charge < -0.3 is 15.5 Å². The number of nitrogens with one attached hydrogen (secondary N) is 2. The highest BCUT2D eigenvalue weighted by Gasteiger charge is 2.19. The van der Waals surface area contributed by atoms with E-state index in [2.05, 4.69) is 16.7 Å². The Hall–Kier alpha value is -2.98. The first-order valence-corrected chi connectivity index (χ1v) is 10.6. The number of amides is 2. The van der Waals surface area contributed by atoms with Gasteiger partial charge in [0.2, 0.25) is 5.91 Å². The van der Waals surface area contributed by atoms with Gasteiger partial charge in [-0.25, -0.2) is 0 Å². The van der Waals surface area contributed by atoms with Crippen LogP contribution in [0.4, 0.5) is 11.4 Å². The number of aryl methyl sites for hydroxylation is 1. The summed E-state index contributed by atoms with van der Waals surface area (Å²) >= 11 is 1.39. The van der Waals surface area contributed by atoms with Gasteiger partial charge in [0.15, 0.2) is 0 Å². The number of rotatable bonds is 7. The first kappa shape index (κ1) is 20.7. The summed E-state index contributed by atoms with van der Waals surface area (Å²) in [5.41, 5.74) is 3.13.